The van der Waals surface area contributed by atoms with E-state index in [1.165, 1.54) is 0 Å². The Labute approximate surface area is 147 Å². The summed E-state index contributed by atoms with van der Waals surface area (Å²) < 4.78 is 5.94. The third-order valence-corrected chi connectivity index (χ3v) is 3.84. The lowest BCUT2D eigenvalue weighted by molar-refractivity contribution is -0.118. The SMILES string of the molecule is NC(=O)C(Nc1ccccc1)c1ccccc1OCc1ccccc1. The maximum Gasteiger partial charge on any atom is 0.244 e. The van der Waals surface area contributed by atoms with Crippen molar-refractivity contribution in [3.8, 4) is 5.75 Å². The molecule has 0 spiro atoms. The molecule has 3 N–H and O–H groups in total. The quantitative estimate of drug-likeness (QED) is 0.689. The second-order valence-electron chi connectivity index (χ2n) is 5.66. The monoisotopic (exact) mass is 332 g/mol. The number of hydrogen-bond acceptors (Lipinski definition) is 3. The number of anilines is 1. The molecule has 0 bridgehead atoms. The van der Waals surface area contributed by atoms with Crippen molar-refractivity contribution in [2.24, 2.45) is 5.73 Å². The maximum absolute atomic E-state index is 12.0. The van der Waals surface area contributed by atoms with Crippen LogP contribution >= 0.6 is 0 Å². The maximum atomic E-state index is 12.0. The van der Waals surface area contributed by atoms with Gasteiger partial charge in [0.1, 0.15) is 18.4 Å². The van der Waals surface area contributed by atoms with Crippen molar-refractivity contribution in [2.75, 3.05) is 5.32 Å². The Morgan fingerprint density at radius 2 is 1.48 bits per heavy atom. The molecule has 0 heterocycles. The van der Waals surface area contributed by atoms with Crippen molar-refractivity contribution >= 4 is 11.6 Å². The average molecular weight is 332 g/mol. The number of carbonyl (C=O) groups is 1. The van der Waals surface area contributed by atoms with Gasteiger partial charge in [-0.15, -0.1) is 0 Å². The molecule has 0 saturated heterocycles. The number of amides is 1. The number of para-hydroxylation sites is 2. The molecule has 3 rings (SSSR count). The zero-order valence-corrected chi connectivity index (χ0v) is 13.8. The van der Waals surface area contributed by atoms with Crippen molar-refractivity contribution < 1.29 is 9.53 Å². The molecule has 4 heteroatoms. The molecule has 0 aromatic heterocycles. The Kier molecular flexibility index (Phi) is 5.32. The van der Waals surface area contributed by atoms with E-state index in [4.69, 9.17) is 10.5 Å². The minimum absolute atomic E-state index is 0.425. The standard InChI is InChI=1S/C21H20N2O2/c22-21(24)20(23-17-11-5-2-6-12-17)18-13-7-8-14-19(18)25-15-16-9-3-1-4-10-16/h1-14,20,23H,15H2,(H2,22,24). The molecular formula is C21H20N2O2. The highest BCUT2D eigenvalue weighted by Gasteiger charge is 2.21. The van der Waals surface area contributed by atoms with Crippen molar-refractivity contribution in [1.29, 1.82) is 0 Å². The third-order valence-electron chi connectivity index (χ3n) is 3.84. The average Bonchev–Trinajstić information content (AvgIpc) is 2.66. The predicted octanol–water partition coefficient (Wildman–Crippen LogP) is 3.90. The van der Waals surface area contributed by atoms with Crippen molar-refractivity contribution in [2.45, 2.75) is 12.6 Å². The highest BCUT2D eigenvalue weighted by molar-refractivity contribution is 5.85. The van der Waals surface area contributed by atoms with Crippen LogP contribution in [0.1, 0.15) is 17.2 Å². The van der Waals surface area contributed by atoms with E-state index in [9.17, 15) is 4.79 Å². The van der Waals surface area contributed by atoms with Gasteiger partial charge in [0.2, 0.25) is 5.91 Å². The largest absolute Gasteiger partial charge is 0.489 e. The summed E-state index contributed by atoms with van der Waals surface area (Å²) in [4.78, 5) is 12.0. The van der Waals surface area contributed by atoms with E-state index < -0.39 is 11.9 Å². The third kappa shape index (κ3) is 4.38. The van der Waals surface area contributed by atoms with Crippen LogP contribution < -0.4 is 15.8 Å². The Bertz CT molecular complexity index is 820. The molecule has 0 aliphatic rings. The molecule has 1 atom stereocenters. The summed E-state index contributed by atoms with van der Waals surface area (Å²) in [5, 5.41) is 3.18. The van der Waals surface area contributed by atoms with Crippen molar-refractivity contribution in [3.05, 3.63) is 96.1 Å². The molecular weight excluding hydrogens is 312 g/mol. The molecule has 0 aliphatic carbocycles. The summed E-state index contributed by atoms with van der Waals surface area (Å²) in [6, 6.07) is 26.2. The summed E-state index contributed by atoms with van der Waals surface area (Å²) in [6.07, 6.45) is 0. The van der Waals surface area contributed by atoms with Gasteiger partial charge in [-0.05, 0) is 23.8 Å². The molecule has 0 fully saturated rings. The van der Waals surface area contributed by atoms with Crippen molar-refractivity contribution in [3.63, 3.8) is 0 Å². The van der Waals surface area contributed by atoms with E-state index in [1.54, 1.807) is 0 Å². The first-order valence-electron chi connectivity index (χ1n) is 8.10. The number of hydrogen-bond donors (Lipinski definition) is 2. The van der Waals surface area contributed by atoms with Gasteiger partial charge < -0.3 is 15.8 Å². The predicted molar refractivity (Wildman–Crippen MR) is 99.2 cm³/mol. The first-order chi connectivity index (χ1) is 12.2. The van der Waals surface area contributed by atoms with Crippen LogP contribution in [-0.2, 0) is 11.4 Å². The van der Waals surface area contributed by atoms with Crippen LogP contribution in [-0.4, -0.2) is 5.91 Å². The Hall–Kier alpha value is -3.27. The topological polar surface area (TPSA) is 64.4 Å². The number of benzene rings is 3. The summed E-state index contributed by atoms with van der Waals surface area (Å²) in [5.41, 5.74) is 8.24. The molecule has 0 radical (unpaired) electrons. The fourth-order valence-corrected chi connectivity index (χ4v) is 2.59. The van der Waals surface area contributed by atoms with Crippen LogP contribution in [0.2, 0.25) is 0 Å². The first kappa shape index (κ1) is 16.6. The van der Waals surface area contributed by atoms with Crippen LogP contribution in [0.25, 0.3) is 0 Å². The molecule has 1 unspecified atom stereocenters. The Morgan fingerprint density at radius 3 is 2.16 bits per heavy atom. The normalized spacial score (nSPS) is 11.5. The van der Waals surface area contributed by atoms with Crippen LogP contribution in [0.3, 0.4) is 0 Å². The number of carbonyl (C=O) groups excluding carboxylic acids is 1. The summed E-state index contributed by atoms with van der Waals surface area (Å²) >= 11 is 0. The molecule has 1 amide bonds. The molecule has 126 valence electrons. The second-order valence-corrected chi connectivity index (χ2v) is 5.66. The van der Waals surface area contributed by atoms with Crippen molar-refractivity contribution in [1.82, 2.24) is 0 Å². The Morgan fingerprint density at radius 1 is 0.880 bits per heavy atom. The van der Waals surface area contributed by atoms with E-state index in [0.29, 0.717) is 12.4 Å². The zero-order valence-electron chi connectivity index (χ0n) is 13.8. The van der Waals surface area contributed by atoms with Crippen LogP contribution in [0, 0.1) is 0 Å². The van der Waals surface area contributed by atoms with Gasteiger partial charge in [-0.1, -0.05) is 66.7 Å². The van der Waals surface area contributed by atoms with Gasteiger partial charge in [0.15, 0.2) is 0 Å². The van der Waals surface area contributed by atoms with E-state index in [2.05, 4.69) is 5.32 Å². The number of rotatable bonds is 7. The molecule has 3 aromatic carbocycles. The van der Waals surface area contributed by atoms with E-state index in [-0.39, 0.29) is 0 Å². The van der Waals surface area contributed by atoms with Gasteiger partial charge in [0, 0.05) is 11.3 Å². The molecule has 25 heavy (non-hydrogen) atoms. The lowest BCUT2D eigenvalue weighted by Gasteiger charge is -2.20. The summed E-state index contributed by atoms with van der Waals surface area (Å²) in [7, 11) is 0. The molecule has 0 aliphatic heterocycles. The molecule has 3 aromatic rings. The van der Waals surface area contributed by atoms with Gasteiger partial charge in [0.25, 0.3) is 0 Å². The molecule has 0 saturated carbocycles. The Balaban J connectivity index is 1.82. The lowest BCUT2D eigenvalue weighted by atomic mass is 10.0. The lowest BCUT2D eigenvalue weighted by Crippen LogP contribution is -2.28. The van der Waals surface area contributed by atoms with Gasteiger partial charge in [0.05, 0.1) is 0 Å². The van der Waals surface area contributed by atoms with Crippen LogP contribution in [0.4, 0.5) is 5.69 Å². The highest BCUT2D eigenvalue weighted by atomic mass is 16.5. The zero-order chi connectivity index (χ0) is 17.5. The molecule has 4 nitrogen and oxygen atoms in total. The second kappa shape index (κ2) is 8.02. The van der Waals surface area contributed by atoms with Gasteiger partial charge in [-0.2, -0.15) is 0 Å². The fraction of sp³-hybridized carbons (Fsp3) is 0.0952. The first-order valence-corrected chi connectivity index (χ1v) is 8.10. The number of primary amides is 1. The number of ether oxygens (including phenoxy) is 1. The fourth-order valence-electron chi connectivity index (χ4n) is 2.59. The number of nitrogens with two attached hydrogens (primary N) is 1. The van der Waals surface area contributed by atoms with E-state index in [1.807, 2.05) is 84.9 Å². The van der Waals surface area contributed by atoms with Gasteiger partial charge in [-0.3, -0.25) is 4.79 Å². The smallest absolute Gasteiger partial charge is 0.244 e. The highest BCUT2D eigenvalue weighted by Crippen LogP contribution is 2.28. The van der Waals surface area contributed by atoms with Crippen LogP contribution in [0.15, 0.2) is 84.9 Å². The summed E-state index contributed by atoms with van der Waals surface area (Å²) in [5.74, 6) is 0.179. The number of nitrogens with one attached hydrogen (secondary N) is 1. The van der Waals surface area contributed by atoms with Gasteiger partial charge in [-0.25, -0.2) is 0 Å². The minimum atomic E-state index is -0.672. The van der Waals surface area contributed by atoms with Crippen LogP contribution in [0.5, 0.6) is 5.75 Å². The van der Waals surface area contributed by atoms with E-state index in [0.717, 1.165) is 16.8 Å². The van der Waals surface area contributed by atoms with E-state index >= 15 is 0 Å². The van der Waals surface area contributed by atoms with Gasteiger partial charge >= 0.3 is 0 Å². The minimum Gasteiger partial charge on any atom is -0.489 e. The summed E-state index contributed by atoms with van der Waals surface area (Å²) in [6.45, 7) is 0.425.